The van der Waals surface area contributed by atoms with Gasteiger partial charge in [-0.3, -0.25) is 4.79 Å². The largest absolute Gasteiger partial charge is 0.341 e. The second kappa shape index (κ2) is 6.26. The van der Waals surface area contributed by atoms with E-state index in [1.165, 1.54) is 6.42 Å². The SMILES string of the molecule is Cl.NCCN1CCCCCC1=O. The molecule has 1 saturated heterocycles. The Morgan fingerprint density at radius 2 is 2.08 bits per heavy atom. The molecule has 1 aliphatic heterocycles. The third kappa shape index (κ3) is 3.41. The van der Waals surface area contributed by atoms with Crippen molar-refractivity contribution < 1.29 is 4.79 Å². The number of nitrogens with zero attached hydrogens (tertiary/aromatic N) is 1. The summed E-state index contributed by atoms with van der Waals surface area (Å²) in [6.07, 6.45) is 4.11. The summed E-state index contributed by atoms with van der Waals surface area (Å²) in [5.74, 6) is 0.285. The first-order chi connectivity index (χ1) is 5.34. The lowest BCUT2D eigenvalue weighted by Gasteiger charge is -2.18. The average Bonchev–Trinajstić information content (AvgIpc) is 2.18. The highest BCUT2D eigenvalue weighted by Gasteiger charge is 2.14. The van der Waals surface area contributed by atoms with Gasteiger partial charge in [-0.15, -0.1) is 12.4 Å². The molecule has 0 aliphatic carbocycles. The molecule has 0 radical (unpaired) electrons. The van der Waals surface area contributed by atoms with Gasteiger partial charge in [-0.25, -0.2) is 0 Å². The first-order valence-electron chi connectivity index (χ1n) is 4.32. The van der Waals surface area contributed by atoms with E-state index < -0.39 is 0 Å². The molecule has 2 N–H and O–H groups in total. The minimum Gasteiger partial charge on any atom is -0.341 e. The van der Waals surface area contributed by atoms with Gasteiger partial charge in [0, 0.05) is 26.1 Å². The number of amides is 1. The highest BCUT2D eigenvalue weighted by molar-refractivity contribution is 5.85. The number of carbonyl (C=O) groups excluding carboxylic acids is 1. The molecule has 3 nitrogen and oxygen atoms in total. The molecule has 1 rings (SSSR count). The molecule has 0 atom stereocenters. The topological polar surface area (TPSA) is 46.3 Å². The molecule has 0 spiro atoms. The zero-order valence-corrected chi connectivity index (χ0v) is 8.11. The average molecular weight is 193 g/mol. The molecular weight excluding hydrogens is 176 g/mol. The maximum Gasteiger partial charge on any atom is 0.222 e. The van der Waals surface area contributed by atoms with Gasteiger partial charge in [0.1, 0.15) is 0 Å². The smallest absolute Gasteiger partial charge is 0.222 e. The van der Waals surface area contributed by atoms with Gasteiger partial charge >= 0.3 is 0 Å². The number of halogens is 1. The zero-order valence-electron chi connectivity index (χ0n) is 7.29. The van der Waals surface area contributed by atoms with Gasteiger partial charge in [-0.1, -0.05) is 6.42 Å². The Bertz CT molecular complexity index is 141. The van der Waals surface area contributed by atoms with Crippen molar-refractivity contribution in [2.75, 3.05) is 19.6 Å². The Morgan fingerprint density at radius 3 is 2.75 bits per heavy atom. The van der Waals surface area contributed by atoms with Crippen molar-refractivity contribution in [1.82, 2.24) is 4.90 Å². The van der Waals surface area contributed by atoms with Crippen LogP contribution in [0.4, 0.5) is 0 Å². The van der Waals surface area contributed by atoms with Gasteiger partial charge in [-0.05, 0) is 12.8 Å². The number of nitrogens with two attached hydrogens (primary N) is 1. The fourth-order valence-electron chi connectivity index (χ4n) is 1.43. The monoisotopic (exact) mass is 192 g/mol. The van der Waals surface area contributed by atoms with Crippen LogP contribution in [0, 0.1) is 0 Å². The quantitative estimate of drug-likeness (QED) is 0.703. The van der Waals surface area contributed by atoms with Gasteiger partial charge in [-0.2, -0.15) is 0 Å². The Kier molecular flexibility index (Phi) is 6.11. The van der Waals surface area contributed by atoms with Crippen LogP contribution in [0.2, 0.25) is 0 Å². The molecule has 0 aromatic carbocycles. The Balaban J connectivity index is 0.00000121. The van der Waals surface area contributed by atoms with Gasteiger partial charge in [0.2, 0.25) is 5.91 Å². The molecule has 0 bridgehead atoms. The number of carbonyl (C=O) groups is 1. The second-order valence-corrected chi connectivity index (χ2v) is 2.98. The molecule has 0 saturated carbocycles. The summed E-state index contributed by atoms with van der Waals surface area (Å²) in [6, 6.07) is 0. The predicted molar refractivity (Wildman–Crippen MR) is 51.4 cm³/mol. The standard InChI is InChI=1S/C8H16N2O.ClH/c9-5-7-10-6-3-1-2-4-8(10)11;/h1-7,9H2;1H. The fraction of sp³-hybridized carbons (Fsp3) is 0.875. The van der Waals surface area contributed by atoms with E-state index in [9.17, 15) is 4.79 Å². The van der Waals surface area contributed by atoms with Crippen molar-refractivity contribution in [3.8, 4) is 0 Å². The number of rotatable bonds is 2. The van der Waals surface area contributed by atoms with E-state index in [1.54, 1.807) is 0 Å². The molecule has 1 aliphatic rings. The molecule has 1 amide bonds. The van der Waals surface area contributed by atoms with Crippen LogP contribution < -0.4 is 5.73 Å². The Morgan fingerprint density at radius 1 is 1.33 bits per heavy atom. The molecule has 1 fully saturated rings. The van der Waals surface area contributed by atoms with E-state index in [0.717, 1.165) is 32.4 Å². The molecule has 12 heavy (non-hydrogen) atoms. The van der Waals surface area contributed by atoms with Crippen LogP contribution in [0.1, 0.15) is 25.7 Å². The van der Waals surface area contributed by atoms with Crippen molar-refractivity contribution in [2.24, 2.45) is 5.73 Å². The summed E-state index contributed by atoms with van der Waals surface area (Å²) in [7, 11) is 0. The van der Waals surface area contributed by atoms with Crippen molar-refractivity contribution in [2.45, 2.75) is 25.7 Å². The van der Waals surface area contributed by atoms with E-state index in [4.69, 9.17) is 5.73 Å². The Hall–Kier alpha value is -0.280. The van der Waals surface area contributed by atoms with Crippen LogP contribution in [0.3, 0.4) is 0 Å². The lowest BCUT2D eigenvalue weighted by molar-refractivity contribution is -0.130. The van der Waals surface area contributed by atoms with E-state index in [1.807, 2.05) is 4.90 Å². The van der Waals surface area contributed by atoms with E-state index in [-0.39, 0.29) is 18.3 Å². The molecule has 72 valence electrons. The van der Waals surface area contributed by atoms with Gasteiger partial charge in [0.15, 0.2) is 0 Å². The highest BCUT2D eigenvalue weighted by Crippen LogP contribution is 2.09. The number of hydrogen-bond acceptors (Lipinski definition) is 2. The molecule has 0 unspecified atom stereocenters. The predicted octanol–water partition coefficient (Wildman–Crippen LogP) is 0.770. The van der Waals surface area contributed by atoms with Crippen LogP contribution >= 0.6 is 12.4 Å². The van der Waals surface area contributed by atoms with Gasteiger partial charge < -0.3 is 10.6 Å². The maximum atomic E-state index is 11.3. The lowest BCUT2D eigenvalue weighted by atomic mass is 10.2. The molecule has 4 heteroatoms. The van der Waals surface area contributed by atoms with Crippen LogP contribution in [0.15, 0.2) is 0 Å². The van der Waals surface area contributed by atoms with Crippen LogP contribution in [-0.2, 0) is 4.79 Å². The lowest BCUT2D eigenvalue weighted by Crippen LogP contribution is -2.34. The summed E-state index contributed by atoms with van der Waals surface area (Å²) in [4.78, 5) is 13.2. The van der Waals surface area contributed by atoms with E-state index in [0.29, 0.717) is 6.54 Å². The third-order valence-corrected chi connectivity index (χ3v) is 2.07. The number of hydrogen-bond donors (Lipinski definition) is 1. The summed E-state index contributed by atoms with van der Waals surface area (Å²) in [6.45, 7) is 2.24. The first-order valence-corrected chi connectivity index (χ1v) is 4.32. The third-order valence-electron chi connectivity index (χ3n) is 2.07. The van der Waals surface area contributed by atoms with Gasteiger partial charge in [0.05, 0.1) is 0 Å². The molecule has 0 aromatic heterocycles. The second-order valence-electron chi connectivity index (χ2n) is 2.98. The molecular formula is C8H17ClN2O. The highest BCUT2D eigenvalue weighted by atomic mass is 35.5. The van der Waals surface area contributed by atoms with E-state index in [2.05, 4.69) is 0 Å². The van der Waals surface area contributed by atoms with Crippen LogP contribution in [0.25, 0.3) is 0 Å². The van der Waals surface area contributed by atoms with Crippen molar-refractivity contribution in [3.63, 3.8) is 0 Å². The van der Waals surface area contributed by atoms with Gasteiger partial charge in [0.25, 0.3) is 0 Å². The van der Waals surface area contributed by atoms with Crippen LogP contribution in [-0.4, -0.2) is 30.4 Å². The molecule has 0 aromatic rings. The summed E-state index contributed by atoms with van der Waals surface area (Å²) >= 11 is 0. The minimum atomic E-state index is 0. The number of likely N-dealkylation sites (tertiary alicyclic amines) is 1. The zero-order chi connectivity index (χ0) is 8.10. The fourth-order valence-corrected chi connectivity index (χ4v) is 1.43. The Labute approximate surface area is 79.7 Å². The minimum absolute atomic E-state index is 0. The van der Waals surface area contributed by atoms with Crippen molar-refractivity contribution in [1.29, 1.82) is 0 Å². The van der Waals surface area contributed by atoms with Crippen molar-refractivity contribution in [3.05, 3.63) is 0 Å². The van der Waals surface area contributed by atoms with Crippen molar-refractivity contribution >= 4 is 18.3 Å². The summed E-state index contributed by atoms with van der Waals surface area (Å²) in [5, 5.41) is 0. The maximum absolute atomic E-state index is 11.3. The van der Waals surface area contributed by atoms with Crippen LogP contribution in [0.5, 0.6) is 0 Å². The normalized spacial score (nSPS) is 18.4. The summed E-state index contributed by atoms with van der Waals surface area (Å²) in [5.41, 5.74) is 5.38. The summed E-state index contributed by atoms with van der Waals surface area (Å²) < 4.78 is 0. The van der Waals surface area contributed by atoms with E-state index >= 15 is 0 Å². The first kappa shape index (κ1) is 11.7. The molecule has 1 heterocycles.